The average molecular weight is 469 g/mol. The first-order valence-electron chi connectivity index (χ1n) is 11.9. The van der Waals surface area contributed by atoms with Gasteiger partial charge in [-0.05, 0) is 91.5 Å². The van der Waals surface area contributed by atoms with Crippen LogP contribution in [-0.4, -0.2) is 28.0 Å². The number of carbonyl (C=O) groups excluding carboxylic acids is 1. The largest absolute Gasteiger partial charge is 0.495 e. The third-order valence-corrected chi connectivity index (χ3v) is 9.27. The number of hydrogen-bond acceptors (Lipinski definition) is 4. The Kier molecular flexibility index (Phi) is 5.95. The second kappa shape index (κ2) is 8.76. The lowest BCUT2D eigenvalue weighted by Crippen LogP contribution is -2.51. The minimum Gasteiger partial charge on any atom is -0.495 e. The molecule has 33 heavy (non-hydrogen) atoms. The molecule has 6 nitrogen and oxygen atoms in total. The molecule has 0 aliphatic heterocycles. The van der Waals surface area contributed by atoms with Crippen molar-refractivity contribution in [2.45, 2.75) is 50.0 Å². The fourth-order valence-corrected chi connectivity index (χ4v) is 7.93. The average Bonchev–Trinajstić information content (AvgIpc) is 2.81. The van der Waals surface area contributed by atoms with Gasteiger partial charge >= 0.3 is 0 Å². The van der Waals surface area contributed by atoms with Gasteiger partial charge in [-0.15, -0.1) is 0 Å². The van der Waals surface area contributed by atoms with Crippen LogP contribution < -0.4 is 14.8 Å². The third-order valence-electron chi connectivity index (χ3n) is 7.83. The summed E-state index contributed by atoms with van der Waals surface area (Å²) in [4.78, 5) is 12.9. The van der Waals surface area contributed by atoms with E-state index in [1.54, 1.807) is 42.5 Å². The predicted octanol–water partition coefficient (Wildman–Crippen LogP) is 4.12. The van der Waals surface area contributed by atoms with Gasteiger partial charge < -0.3 is 10.1 Å². The molecule has 2 aromatic rings. The molecular formula is C26H32N2O4S. The van der Waals surface area contributed by atoms with Crippen LogP contribution in [0.3, 0.4) is 0 Å². The van der Waals surface area contributed by atoms with E-state index < -0.39 is 10.0 Å². The number of para-hydroxylation sites is 1. The van der Waals surface area contributed by atoms with E-state index in [-0.39, 0.29) is 17.3 Å². The standard InChI is InChI=1S/C26H32N2O4S/c1-32-23-4-2-3-5-24(23)33(30,31)28-16-18-6-8-22(9-7-18)25(29)27-17-26-13-19-10-20(14-26)12-21(11-19)15-26/h2-9,19-21,28H,10-17H2,1H3,(H,27,29). The normalized spacial score (nSPS) is 28.0. The summed E-state index contributed by atoms with van der Waals surface area (Å²) >= 11 is 0. The van der Waals surface area contributed by atoms with Gasteiger partial charge in [0.15, 0.2) is 0 Å². The smallest absolute Gasteiger partial charge is 0.251 e. The Hall–Kier alpha value is -2.38. The van der Waals surface area contributed by atoms with Crippen molar-refractivity contribution in [1.82, 2.24) is 10.0 Å². The zero-order chi connectivity index (χ0) is 23.1. The van der Waals surface area contributed by atoms with E-state index in [1.807, 2.05) is 0 Å². The second-order valence-electron chi connectivity index (χ2n) is 10.3. The third kappa shape index (κ3) is 4.66. The van der Waals surface area contributed by atoms with Crippen molar-refractivity contribution >= 4 is 15.9 Å². The van der Waals surface area contributed by atoms with Gasteiger partial charge in [0, 0.05) is 18.7 Å². The Balaban J connectivity index is 1.17. The van der Waals surface area contributed by atoms with Crippen molar-refractivity contribution in [2.75, 3.05) is 13.7 Å². The maximum absolute atomic E-state index is 12.8. The summed E-state index contributed by atoms with van der Waals surface area (Å²) in [6.07, 6.45) is 8.00. The Bertz CT molecular complexity index is 1090. The van der Waals surface area contributed by atoms with Gasteiger partial charge in [0.25, 0.3) is 5.91 Å². The molecule has 4 aliphatic carbocycles. The van der Waals surface area contributed by atoms with E-state index in [0.717, 1.165) is 29.9 Å². The molecule has 176 valence electrons. The van der Waals surface area contributed by atoms with Gasteiger partial charge in [0.2, 0.25) is 10.0 Å². The van der Waals surface area contributed by atoms with E-state index in [1.165, 1.54) is 51.7 Å². The summed E-state index contributed by atoms with van der Waals surface area (Å²) in [6, 6.07) is 13.6. The lowest BCUT2D eigenvalue weighted by molar-refractivity contribution is -0.0503. The second-order valence-corrected chi connectivity index (χ2v) is 12.0. The maximum Gasteiger partial charge on any atom is 0.251 e. The first-order valence-corrected chi connectivity index (χ1v) is 13.3. The molecule has 4 saturated carbocycles. The molecule has 2 aromatic carbocycles. The maximum atomic E-state index is 12.8. The van der Waals surface area contributed by atoms with Crippen molar-refractivity contribution in [2.24, 2.45) is 23.2 Å². The topological polar surface area (TPSA) is 84.5 Å². The van der Waals surface area contributed by atoms with Gasteiger partial charge in [0.1, 0.15) is 10.6 Å². The number of nitrogens with one attached hydrogen (secondary N) is 2. The van der Waals surface area contributed by atoms with Gasteiger partial charge in [-0.3, -0.25) is 4.79 Å². The quantitative estimate of drug-likeness (QED) is 0.610. The number of methoxy groups -OCH3 is 1. The van der Waals surface area contributed by atoms with Crippen molar-refractivity contribution in [3.05, 3.63) is 59.7 Å². The molecule has 0 aromatic heterocycles. The van der Waals surface area contributed by atoms with Crippen molar-refractivity contribution in [3.63, 3.8) is 0 Å². The number of amides is 1. The molecule has 4 aliphatic rings. The Morgan fingerprint density at radius 2 is 1.58 bits per heavy atom. The summed E-state index contributed by atoms with van der Waals surface area (Å²) in [7, 11) is -2.27. The van der Waals surface area contributed by atoms with Crippen LogP contribution in [0.5, 0.6) is 5.75 Å². The molecule has 4 fully saturated rings. The van der Waals surface area contributed by atoms with Gasteiger partial charge in [0.05, 0.1) is 7.11 Å². The van der Waals surface area contributed by atoms with Crippen LogP contribution in [0.2, 0.25) is 0 Å². The highest BCUT2D eigenvalue weighted by molar-refractivity contribution is 7.89. The van der Waals surface area contributed by atoms with Gasteiger partial charge in [-0.25, -0.2) is 13.1 Å². The Labute approximate surface area is 196 Å². The zero-order valence-electron chi connectivity index (χ0n) is 19.0. The number of sulfonamides is 1. The van der Waals surface area contributed by atoms with Crippen LogP contribution in [0.15, 0.2) is 53.4 Å². The molecule has 0 spiro atoms. The summed E-state index contributed by atoms with van der Waals surface area (Å²) in [5.74, 6) is 2.86. The molecule has 2 N–H and O–H groups in total. The number of hydrogen-bond donors (Lipinski definition) is 2. The Morgan fingerprint density at radius 3 is 2.18 bits per heavy atom. The molecule has 1 amide bonds. The number of rotatable bonds is 8. The molecule has 0 atom stereocenters. The molecule has 0 unspecified atom stereocenters. The minimum absolute atomic E-state index is 0.0492. The van der Waals surface area contributed by atoms with E-state index in [0.29, 0.717) is 16.7 Å². The number of benzene rings is 2. The SMILES string of the molecule is COc1ccccc1S(=O)(=O)NCc1ccc(C(=O)NCC23CC4CC(CC(C4)C2)C3)cc1. The van der Waals surface area contributed by atoms with Crippen LogP contribution in [-0.2, 0) is 16.6 Å². The highest BCUT2D eigenvalue weighted by atomic mass is 32.2. The van der Waals surface area contributed by atoms with E-state index in [4.69, 9.17) is 4.74 Å². The van der Waals surface area contributed by atoms with Gasteiger partial charge in [-0.1, -0.05) is 24.3 Å². The first-order chi connectivity index (χ1) is 15.9. The van der Waals surface area contributed by atoms with Crippen LogP contribution in [0.4, 0.5) is 0 Å². The van der Waals surface area contributed by atoms with Crippen LogP contribution in [0, 0.1) is 23.2 Å². The van der Waals surface area contributed by atoms with Crippen LogP contribution in [0.25, 0.3) is 0 Å². The van der Waals surface area contributed by atoms with Crippen molar-refractivity contribution in [1.29, 1.82) is 0 Å². The zero-order valence-corrected chi connectivity index (χ0v) is 19.9. The van der Waals surface area contributed by atoms with E-state index in [9.17, 15) is 13.2 Å². The molecule has 7 heteroatoms. The minimum atomic E-state index is -3.71. The molecule has 4 bridgehead atoms. The van der Waals surface area contributed by atoms with Crippen molar-refractivity contribution in [3.8, 4) is 5.75 Å². The number of ether oxygens (including phenoxy) is 1. The molecule has 0 radical (unpaired) electrons. The van der Waals surface area contributed by atoms with Gasteiger partial charge in [-0.2, -0.15) is 0 Å². The molecule has 0 heterocycles. The lowest BCUT2D eigenvalue weighted by atomic mass is 9.49. The predicted molar refractivity (Wildman–Crippen MR) is 126 cm³/mol. The molecular weight excluding hydrogens is 436 g/mol. The summed E-state index contributed by atoms with van der Waals surface area (Å²) < 4.78 is 33.1. The number of carbonyl (C=O) groups is 1. The first kappa shape index (κ1) is 22.4. The summed E-state index contributed by atoms with van der Waals surface area (Å²) in [6.45, 7) is 0.908. The fraction of sp³-hybridized carbons (Fsp3) is 0.500. The summed E-state index contributed by atoms with van der Waals surface area (Å²) in [5, 5.41) is 3.20. The highest BCUT2D eigenvalue weighted by Gasteiger charge is 2.50. The van der Waals surface area contributed by atoms with E-state index in [2.05, 4.69) is 10.0 Å². The van der Waals surface area contributed by atoms with Crippen LogP contribution >= 0.6 is 0 Å². The van der Waals surface area contributed by atoms with E-state index >= 15 is 0 Å². The fourth-order valence-electron chi connectivity index (χ4n) is 6.75. The molecule has 0 saturated heterocycles. The monoisotopic (exact) mass is 468 g/mol. The lowest BCUT2D eigenvalue weighted by Gasteiger charge is -2.56. The Morgan fingerprint density at radius 1 is 0.970 bits per heavy atom. The molecule has 6 rings (SSSR count). The summed E-state index contributed by atoms with van der Waals surface area (Å²) in [5.41, 5.74) is 1.70. The highest BCUT2D eigenvalue weighted by Crippen LogP contribution is 2.59. The van der Waals surface area contributed by atoms with Crippen molar-refractivity contribution < 1.29 is 17.9 Å². The van der Waals surface area contributed by atoms with Crippen LogP contribution in [0.1, 0.15) is 54.4 Å².